The lowest BCUT2D eigenvalue weighted by Crippen LogP contribution is -2.66. The zero-order valence-electron chi connectivity index (χ0n) is 23.0. The number of carbonyl (C=O) groups excluding carboxylic acids is 3. The molecule has 0 radical (unpaired) electrons. The third kappa shape index (κ3) is 6.70. The monoisotopic (exact) mass is 630 g/mol. The molecule has 2 fully saturated rings. The highest BCUT2D eigenvalue weighted by Crippen LogP contribution is 2.46. The number of rotatable bonds is 12. The second-order valence-electron chi connectivity index (χ2n) is 10.3. The lowest BCUT2D eigenvalue weighted by molar-refractivity contribution is -0.684. The molecular weight excluding hydrogens is 599 g/mol. The number of anilines is 1. The summed E-state index contributed by atoms with van der Waals surface area (Å²) >= 11 is 4.12. The van der Waals surface area contributed by atoms with Crippen LogP contribution in [0.4, 0.5) is 5.13 Å². The average Bonchev–Trinajstić information content (AvgIpc) is 3.67. The van der Waals surface area contributed by atoms with E-state index in [0.717, 1.165) is 30.6 Å². The van der Waals surface area contributed by atoms with Gasteiger partial charge in [-0.1, -0.05) is 12.1 Å². The van der Waals surface area contributed by atoms with Crippen LogP contribution >= 0.6 is 34.9 Å². The number of hydrogen-bond donors (Lipinski definition) is 3. The molecule has 0 spiro atoms. The molecule has 3 aliphatic rings. The molecule has 0 bridgehead atoms. The van der Waals surface area contributed by atoms with Crippen LogP contribution in [-0.2, 0) is 30.6 Å². The molecule has 11 nitrogen and oxygen atoms in total. The van der Waals surface area contributed by atoms with Crippen molar-refractivity contribution >= 4 is 69.1 Å². The van der Waals surface area contributed by atoms with Gasteiger partial charge in [0.15, 0.2) is 34.8 Å². The predicted molar refractivity (Wildman–Crippen MR) is 160 cm³/mol. The maximum Gasteiger partial charge on any atom is 0.332 e. The number of nitrogens with zero attached hydrogens (tertiary/aromatic N) is 3. The Morgan fingerprint density at radius 2 is 2.00 bits per heavy atom. The van der Waals surface area contributed by atoms with Gasteiger partial charge in [-0.3, -0.25) is 14.4 Å². The molecule has 4 N–H and O–H groups in total. The number of carbonyl (C=O) groups is 4. The molecule has 3 heterocycles. The van der Waals surface area contributed by atoms with Gasteiger partial charge in [0.1, 0.15) is 17.8 Å². The van der Waals surface area contributed by atoms with Crippen LogP contribution in [0.15, 0.2) is 51.1 Å². The number of aromatic nitrogens is 2. The number of hydrogen-bond acceptors (Lipinski definition) is 11. The van der Waals surface area contributed by atoms with E-state index in [2.05, 4.69) is 15.5 Å². The predicted octanol–water partition coefficient (Wildman–Crippen LogP) is 2.63. The minimum atomic E-state index is -1.12. The Labute approximate surface area is 255 Å². The number of oxime groups is 1. The normalized spacial score (nSPS) is 22.5. The number of nitrogens with one attached hydrogen (secondary N) is 1. The van der Waals surface area contributed by atoms with Crippen LogP contribution in [0.5, 0.6) is 0 Å². The van der Waals surface area contributed by atoms with Gasteiger partial charge in [0.05, 0.1) is 5.92 Å². The van der Waals surface area contributed by atoms with Gasteiger partial charge in [0, 0.05) is 51.2 Å². The number of carboxylic acids is 1. The fraction of sp³-hybridized carbons (Fsp3) is 0.464. The third-order valence-corrected chi connectivity index (χ3v) is 10.7. The Kier molecular flexibility index (Phi) is 9.63. The maximum atomic E-state index is 13.3. The largest absolute Gasteiger partial charge is 0.478 e. The first-order chi connectivity index (χ1) is 20.2. The topological polar surface area (TPSA) is 165 Å². The summed E-state index contributed by atoms with van der Waals surface area (Å²) in [5.74, 6) is -1.88. The number of fused-ring (bicyclic) bond motifs is 1. The van der Waals surface area contributed by atoms with E-state index in [4.69, 9.17) is 10.6 Å². The summed E-state index contributed by atoms with van der Waals surface area (Å²) in [5, 5.41) is 18.4. The molecule has 0 saturated heterocycles. The minimum Gasteiger partial charge on any atom is -0.478 e. The highest BCUT2D eigenvalue weighted by molar-refractivity contribution is 8.01. The number of nitrogen functional groups attached to an aromatic ring is 1. The van der Waals surface area contributed by atoms with Crippen molar-refractivity contribution in [1.29, 1.82) is 0 Å². The highest BCUT2D eigenvalue weighted by Gasteiger charge is 2.56. The number of nitrogens with two attached hydrogens (primary N) is 1. The molecule has 2 aromatic heterocycles. The fourth-order valence-corrected chi connectivity index (χ4v) is 8.30. The van der Waals surface area contributed by atoms with E-state index in [9.17, 15) is 24.3 Å². The molecule has 0 aromatic carbocycles. The molecule has 2 saturated carbocycles. The smallest absolute Gasteiger partial charge is 0.332 e. The quantitative estimate of drug-likeness (QED) is 0.137. The molecular formula is C28H32N5O6S3+. The number of ketones is 2. The van der Waals surface area contributed by atoms with Gasteiger partial charge >= 0.3 is 5.97 Å². The number of amides is 1. The van der Waals surface area contributed by atoms with Crippen LogP contribution < -0.4 is 15.6 Å². The van der Waals surface area contributed by atoms with Crippen molar-refractivity contribution in [1.82, 2.24) is 10.3 Å². The summed E-state index contributed by atoms with van der Waals surface area (Å²) in [5.41, 5.74) is 6.80. The standard InChI is InChI=1S/C28H31N5O6S3/c1-2-16(34)11-33-9-7-18(8-10-33)40-12-15-13-41-25-21(20(15)27(37)38)24(35)23(25)31-26(36)22(19-14-42-28(29)30-19)32-39-17-5-3-4-6-17/h7-10,14,17,21,23,25H,2-6,11-13H2,1H3,(H3-,29,30,31,36,37,38)/p+1/b32-22-/t21?,23-,25+/m1/s1. The zero-order valence-corrected chi connectivity index (χ0v) is 25.4. The highest BCUT2D eigenvalue weighted by atomic mass is 32.2. The Hall–Kier alpha value is -3.23. The molecule has 1 amide bonds. The molecule has 14 heteroatoms. The maximum absolute atomic E-state index is 13.3. The van der Waals surface area contributed by atoms with E-state index in [-0.39, 0.29) is 39.8 Å². The number of aliphatic carboxylic acids is 1. The van der Waals surface area contributed by atoms with E-state index < -0.39 is 29.1 Å². The van der Waals surface area contributed by atoms with Crippen molar-refractivity contribution in [3.63, 3.8) is 0 Å². The van der Waals surface area contributed by atoms with Crippen molar-refractivity contribution in [3.8, 4) is 0 Å². The van der Waals surface area contributed by atoms with Gasteiger partial charge in [0.25, 0.3) is 5.91 Å². The molecule has 2 aromatic rings. The van der Waals surface area contributed by atoms with Crippen LogP contribution in [-0.4, -0.2) is 68.1 Å². The van der Waals surface area contributed by atoms with Crippen LogP contribution in [0.1, 0.15) is 44.7 Å². The Bertz CT molecular complexity index is 1430. The lowest BCUT2D eigenvalue weighted by Gasteiger charge is -2.46. The van der Waals surface area contributed by atoms with Crippen molar-refractivity contribution in [2.45, 2.75) is 67.9 Å². The molecule has 3 atom stereocenters. The zero-order chi connectivity index (χ0) is 29.8. The summed E-state index contributed by atoms with van der Waals surface area (Å²) in [6, 6.07) is 2.93. The SMILES string of the molecule is CCC(=O)C[n+]1ccc(SCC2=C(C(=O)O)C3C(=O)[C@@H](NC(=O)/C(=N\OC4CCCC4)c4csc(N)n4)[C@H]3SC2)cc1. The number of pyridine rings is 1. The van der Waals surface area contributed by atoms with Gasteiger partial charge in [-0.25, -0.2) is 9.78 Å². The summed E-state index contributed by atoms with van der Waals surface area (Å²) in [6.07, 6.45) is 7.84. The number of thioether (sulfide) groups is 2. The van der Waals surface area contributed by atoms with E-state index >= 15 is 0 Å². The van der Waals surface area contributed by atoms with Crippen molar-refractivity contribution in [2.75, 3.05) is 17.2 Å². The third-order valence-electron chi connectivity index (χ3n) is 7.53. The van der Waals surface area contributed by atoms with Crippen molar-refractivity contribution < 1.29 is 33.7 Å². The van der Waals surface area contributed by atoms with E-state index in [1.807, 2.05) is 31.5 Å². The van der Waals surface area contributed by atoms with Gasteiger partial charge in [0.2, 0.25) is 6.54 Å². The molecule has 1 unspecified atom stereocenters. The van der Waals surface area contributed by atoms with Gasteiger partial charge in [-0.05, 0) is 31.3 Å². The second kappa shape index (κ2) is 13.4. The summed E-state index contributed by atoms with van der Waals surface area (Å²) < 4.78 is 1.81. The first kappa shape index (κ1) is 30.2. The first-order valence-corrected chi connectivity index (χ1v) is 16.7. The van der Waals surface area contributed by atoms with Gasteiger partial charge in [-0.2, -0.15) is 16.3 Å². The van der Waals surface area contributed by atoms with Gasteiger partial charge < -0.3 is 21.0 Å². The van der Waals surface area contributed by atoms with Crippen molar-refractivity contribution in [2.24, 2.45) is 11.1 Å². The Balaban J connectivity index is 1.26. The van der Waals surface area contributed by atoms with Gasteiger partial charge in [-0.15, -0.1) is 23.1 Å². The van der Waals surface area contributed by atoms with E-state index in [0.29, 0.717) is 30.0 Å². The summed E-state index contributed by atoms with van der Waals surface area (Å²) in [4.78, 5) is 61.3. The molecule has 1 aliphatic heterocycles. The molecule has 2 aliphatic carbocycles. The lowest BCUT2D eigenvalue weighted by atomic mass is 9.71. The van der Waals surface area contributed by atoms with E-state index in [1.54, 1.807) is 9.95 Å². The van der Waals surface area contributed by atoms with Crippen LogP contribution in [0.25, 0.3) is 0 Å². The molecule has 5 rings (SSSR count). The molecule has 42 heavy (non-hydrogen) atoms. The second-order valence-corrected chi connectivity index (χ2v) is 13.4. The van der Waals surface area contributed by atoms with E-state index in [1.165, 1.54) is 34.9 Å². The number of thiazole rings is 1. The van der Waals surface area contributed by atoms with Crippen LogP contribution in [0, 0.1) is 5.92 Å². The van der Waals surface area contributed by atoms with Crippen LogP contribution in [0.3, 0.4) is 0 Å². The Morgan fingerprint density at radius 3 is 2.64 bits per heavy atom. The number of carboxylic acid groups (broad SMARTS) is 1. The summed E-state index contributed by atoms with van der Waals surface area (Å²) in [6.45, 7) is 2.14. The minimum absolute atomic E-state index is 0.0544. The van der Waals surface area contributed by atoms with Crippen LogP contribution in [0.2, 0.25) is 0 Å². The van der Waals surface area contributed by atoms with Crippen molar-refractivity contribution in [3.05, 3.63) is 46.7 Å². The Morgan fingerprint density at radius 1 is 1.26 bits per heavy atom. The average molecular weight is 631 g/mol. The molecule has 222 valence electrons. The fourth-order valence-electron chi connectivity index (χ4n) is 5.20. The summed E-state index contributed by atoms with van der Waals surface area (Å²) in [7, 11) is 0. The number of Topliss-reactive ketones (excluding diaryl/α,β-unsaturated/α-hetero) is 2. The first-order valence-electron chi connectivity index (χ1n) is 13.7.